The number of benzene rings is 1. The molecule has 0 spiro atoms. The lowest BCUT2D eigenvalue weighted by molar-refractivity contribution is -0.137. The number of aromatic nitrogens is 2. The van der Waals surface area contributed by atoms with E-state index in [-0.39, 0.29) is 37.1 Å². The Bertz CT molecular complexity index is 1240. The van der Waals surface area contributed by atoms with Gasteiger partial charge in [-0.2, -0.15) is 5.26 Å². The van der Waals surface area contributed by atoms with Crippen molar-refractivity contribution in [1.29, 1.82) is 5.26 Å². The fourth-order valence-electron chi connectivity index (χ4n) is 3.51. The summed E-state index contributed by atoms with van der Waals surface area (Å²) in [6.07, 6.45) is 1.55. The smallest absolute Gasteiger partial charge is 0.410 e. The van der Waals surface area contributed by atoms with Crippen LogP contribution in [0.5, 0.6) is 5.75 Å². The molecule has 0 bridgehead atoms. The highest BCUT2D eigenvalue weighted by molar-refractivity contribution is 6.31. The van der Waals surface area contributed by atoms with Crippen LogP contribution < -0.4 is 20.7 Å². The first-order valence-corrected chi connectivity index (χ1v) is 12.4. The molecule has 1 saturated heterocycles. The number of nitriles is 1. The Hall–Kier alpha value is -4.15. The molecule has 208 valence electrons. The third kappa shape index (κ3) is 8.69. The molecule has 2 heterocycles. The first-order chi connectivity index (χ1) is 18.5. The van der Waals surface area contributed by atoms with E-state index in [1.807, 2.05) is 6.07 Å². The maximum absolute atomic E-state index is 12.7. The number of carbonyl (C=O) groups excluding carboxylic acids is 3. The predicted molar refractivity (Wildman–Crippen MR) is 142 cm³/mol. The lowest BCUT2D eigenvalue weighted by atomic mass is 10.1. The second kappa shape index (κ2) is 13.1. The first kappa shape index (κ1) is 29.4. The molecule has 4 amide bonds. The van der Waals surface area contributed by atoms with E-state index in [1.165, 1.54) is 30.5 Å². The monoisotopic (exact) mass is 559 g/mol. The Morgan fingerprint density at radius 2 is 2.00 bits per heavy atom. The van der Waals surface area contributed by atoms with Crippen LogP contribution in [-0.2, 0) is 20.7 Å². The van der Waals surface area contributed by atoms with Crippen molar-refractivity contribution in [2.24, 2.45) is 0 Å². The maximum atomic E-state index is 12.7. The first-order valence-electron chi connectivity index (χ1n) is 12.0. The van der Waals surface area contributed by atoms with Gasteiger partial charge >= 0.3 is 12.1 Å². The van der Waals surface area contributed by atoms with Crippen LogP contribution in [0.1, 0.15) is 32.0 Å². The number of anilines is 2. The van der Waals surface area contributed by atoms with Gasteiger partial charge in [0.2, 0.25) is 0 Å². The van der Waals surface area contributed by atoms with Gasteiger partial charge in [0.05, 0.1) is 38.3 Å². The molecular formula is C25H30ClN7O6. The van der Waals surface area contributed by atoms with Gasteiger partial charge in [0.15, 0.2) is 17.6 Å². The molecule has 14 heteroatoms. The molecule has 39 heavy (non-hydrogen) atoms. The summed E-state index contributed by atoms with van der Waals surface area (Å²) < 4.78 is 16.3. The fourth-order valence-corrected chi connectivity index (χ4v) is 3.77. The van der Waals surface area contributed by atoms with Crippen LogP contribution in [0.15, 0.2) is 24.5 Å². The molecule has 1 fully saturated rings. The summed E-state index contributed by atoms with van der Waals surface area (Å²) in [6, 6.07) is 4.42. The van der Waals surface area contributed by atoms with Gasteiger partial charge in [0.25, 0.3) is 5.91 Å². The molecule has 2 aromatic rings. The number of carbonyl (C=O) groups is 3. The summed E-state index contributed by atoms with van der Waals surface area (Å²) in [5.41, 5.74) is 0.474. The lowest BCUT2D eigenvalue weighted by Gasteiger charge is -2.33. The Morgan fingerprint density at radius 1 is 1.23 bits per heavy atom. The standard InChI is InChI=1S/C25H30ClN7O6/c1-25(2,3)39-24(36)33-7-8-38-20(14-33)22(34)28-6-5-15-9-19(37-4)18(10-17(15)26)31-23(35)32-21-13-29-16(11-27)12-30-21/h9-10,12-13,20H,5-8,14H2,1-4H3,(H,28,34)(H2,30,31,32,35)/t20-/m1/s1. The van der Waals surface area contributed by atoms with Gasteiger partial charge in [-0.25, -0.2) is 19.6 Å². The van der Waals surface area contributed by atoms with E-state index in [1.54, 1.807) is 26.8 Å². The van der Waals surface area contributed by atoms with Crippen molar-refractivity contribution in [3.05, 3.63) is 40.8 Å². The fraction of sp³-hybridized carbons (Fsp3) is 0.440. The minimum Gasteiger partial charge on any atom is -0.495 e. The summed E-state index contributed by atoms with van der Waals surface area (Å²) >= 11 is 6.43. The molecule has 1 aliphatic heterocycles. The molecule has 3 N–H and O–H groups in total. The number of hydrogen-bond donors (Lipinski definition) is 3. The topological polar surface area (TPSA) is 168 Å². The number of methoxy groups -OCH3 is 1. The maximum Gasteiger partial charge on any atom is 0.410 e. The van der Waals surface area contributed by atoms with Gasteiger partial charge < -0.3 is 29.7 Å². The molecule has 0 radical (unpaired) electrons. The highest BCUT2D eigenvalue weighted by Crippen LogP contribution is 2.31. The zero-order valence-corrected chi connectivity index (χ0v) is 22.8. The number of rotatable bonds is 7. The molecule has 1 aliphatic rings. The van der Waals surface area contributed by atoms with Crippen molar-refractivity contribution in [2.45, 2.75) is 38.9 Å². The van der Waals surface area contributed by atoms with Gasteiger partial charge in [0, 0.05) is 18.1 Å². The SMILES string of the molecule is COc1cc(CCNC(=O)[C@H]2CN(C(=O)OC(C)(C)C)CCO2)c(Cl)cc1NC(=O)Nc1cnc(C#N)cn1. The summed E-state index contributed by atoms with van der Waals surface area (Å²) in [6.45, 7) is 6.23. The minimum absolute atomic E-state index is 0.0891. The van der Waals surface area contributed by atoms with Crippen molar-refractivity contribution in [3.8, 4) is 11.8 Å². The summed E-state index contributed by atoms with van der Waals surface area (Å²) in [5.74, 6) is 0.151. The quantitative estimate of drug-likeness (QED) is 0.461. The van der Waals surface area contributed by atoms with E-state index in [4.69, 9.17) is 31.1 Å². The minimum atomic E-state index is -0.817. The highest BCUT2D eigenvalue weighted by atomic mass is 35.5. The van der Waals surface area contributed by atoms with Gasteiger partial charge in [-0.05, 0) is 44.9 Å². The molecule has 0 aliphatic carbocycles. The van der Waals surface area contributed by atoms with Crippen molar-refractivity contribution >= 4 is 41.1 Å². The normalized spacial score (nSPS) is 15.1. The van der Waals surface area contributed by atoms with Crippen LogP contribution in [0.4, 0.5) is 21.1 Å². The number of amides is 4. The van der Waals surface area contributed by atoms with Crippen LogP contribution in [0.2, 0.25) is 5.02 Å². The summed E-state index contributed by atoms with van der Waals surface area (Å²) in [4.78, 5) is 46.6. The second-order valence-electron chi connectivity index (χ2n) is 9.45. The van der Waals surface area contributed by atoms with Gasteiger partial charge in [0.1, 0.15) is 17.4 Å². The third-order valence-corrected chi connectivity index (χ3v) is 5.68. The molecule has 0 unspecified atom stereocenters. The zero-order chi connectivity index (χ0) is 28.6. The van der Waals surface area contributed by atoms with Crippen molar-refractivity contribution in [1.82, 2.24) is 20.2 Å². The lowest BCUT2D eigenvalue weighted by Crippen LogP contribution is -2.52. The van der Waals surface area contributed by atoms with Crippen molar-refractivity contribution in [2.75, 3.05) is 44.0 Å². The predicted octanol–water partition coefficient (Wildman–Crippen LogP) is 2.95. The number of hydrogen-bond acceptors (Lipinski definition) is 9. The average Bonchev–Trinajstić information content (AvgIpc) is 2.89. The van der Waals surface area contributed by atoms with Crippen LogP contribution in [0.25, 0.3) is 0 Å². The Kier molecular flexibility index (Phi) is 9.86. The Balaban J connectivity index is 1.54. The van der Waals surface area contributed by atoms with Crippen molar-refractivity contribution < 1.29 is 28.6 Å². The van der Waals surface area contributed by atoms with E-state index >= 15 is 0 Å². The molecular weight excluding hydrogens is 530 g/mol. The highest BCUT2D eigenvalue weighted by Gasteiger charge is 2.31. The average molecular weight is 560 g/mol. The summed E-state index contributed by atoms with van der Waals surface area (Å²) in [7, 11) is 1.45. The van der Waals surface area contributed by atoms with E-state index in [0.717, 1.165) is 0 Å². The van der Waals surface area contributed by atoms with E-state index in [2.05, 4.69) is 25.9 Å². The second-order valence-corrected chi connectivity index (χ2v) is 9.86. The number of nitrogens with one attached hydrogen (secondary N) is 3. The zero-order valence-electron chi connectivity index (χ0n) is 22.0. The number of halogens is 1. The Labute approximate surface area is 230 Å². The molecule has 13 nitrogen and oxygen atoms in total. The van der Waals surface area contributed by atoms with Crippen LogP contribution in [0.3, 0.4) is 0 Å². The van der Waals surface area contributed by atoms with Gasteiger partial charge in [-0.15, -0.1) is 0 Å². The molecule has 1 aromatic carbocycles. The largest absolute Gasteiger partial charge is 0.495 e. The van der Waals surface area contributed by atoms with Crippen LogP contribution in [-0.4, -0.2) is 78.0 Å². The van der Waals surface area contributed by atoms with Crippen molar-refractivity contribution in [3.63, 3.8) is 0 Å². The third-order valence-electron chi connectivity index (χ3n) is 5.33. The summed E-state index contributed by atoms with van der Waals surface area (Å²) in [5, 5.41) is 17.1. The number of nitrogens with zero attached hydrogens (tertiary/aromatic N) is 4. The van der Waals surface area contributed by atoms with Crippen LogP contribution >= 0.6 is 11.6 Å². The molecule has 0 saturated carbocycles. The number of urea groups is 1. The van der Waals surface area contributed by atoms with Crippen LogP contribution in [0, 0.1) is 11.3 Å². The molecule has 1 aromatic heterocycles. The van der Waals surface area contributed by atoms with E-state index in [9.17, 15) is 14.4 Å². The molecule has 1 atom stereocenters. The van der Waals surface area contributed by atoms with Gasteiger partial charge in [-0.1, -0.05) is 11.6 Å². The van der Waals surface area contributed by atoms with E-state index < -0.39 is 23.8 Å². The number of ether oxygens (including phenoxy) is 3. The number of morpholine rings is 1. The molecule has 3 rings (SSSR count). The van der Waals surface area contributed by atoms with Gasteiger partial charge in [-0.3, -0.25) is 10.1 Å². The Morgan fingerprint density at radius 3 is 2.64 bits per heavy atom. The van der Waals surface area contributed by atoms with E-state index in [0.29, 0.717) is 35.0 Å².